The monoisotopic (exact) mass is 240 g/mol. The van der Waals surface area contributed by atoms with Crippen LogP contribution in [0.15, 0.2) is 24.8 Å². The van der Waals surface area contributed by atoms with E-state index in [1.165, 1.54) is 6.20 Å². The van der Waals surface area contributed by atoms with Gasteiger partial charge < -0.3 is 5.73 Å². The zero-order valence-corrected chi connectivity index (χ0v) is 9.74. The van der Waals surface area contributed by atoms with Crippen LogP contribution in [0.1, 0.15) is 12.8 Å². The highest BCUT2D eigenvalue weighted by Gasteiger charge is 2.43. The molecule has 1 fully saturated rings. The number of anilines is 1. The Morgan fingerprint density at radius 3 is 2.78 bits per heavy atom. The molecule has 2 heterocycles. The lowest BCUT2D eigenvalue weighted by Gasteiger charge is -2.04. The van der Waals surface area contributed by atoms with Gasteiger partial charge in [0.25, 0.3) is 0 Å². The van der Waals surface area contributed by atoms with Crippen molar-refractivity contribution in [2.45, 2.75) is 19.4 Å². The van der Waals surface area contributed by atoms with Crippen LogP contribution in [0.4, 0.5) is 5.82 Å². The first-order chi connectivity index (χ1) is 8.71. The molecule has 6 nitrogen and oxygen atoms in total. The molecular formula is C12H12N6. The Morgan fingerprint density at radius 2 is 2.17 bits per heavy atom. The summed E-state index contributed by atoms with van der Waals surface area (Å²) >= 11 is 0. The van der Waals surface area contributed by atoms with Crippen LogP contribution < -0.4 is 5.73 Å². The van der Waals surface area contributed by atoms with Crippen molar-refractivity contribution in [1.82, 2.24) is 19.7 Å². The van der Waals surface area contributed by atoms with Crippen LogP contribution in [0.5, 0.6) is 0 Å². The van der Waals surface area contributed by atoms with Gasteiger partial charge in [0.05, 0.1) is 42.3 Å². The lowest BCUT2D eigenvalue weighted by molar-refractivity contribution is 0.486. The van der Waals surface area contributed by atoms with E-state index in [0.717, 1.165) is 24.1 Å². The molecule has 2 aromatic heterocycles. The highest BCUT2D eigenvalue weighted by atomic mass is 15.3. The maximum Gasteiger partial charge on any atom is 0.141 e. The second-order valence-electron chi connectivity index (χ2n) is 4.65. The van der Waals surface area contributed by atoms with Gasteiger partial charge in [-0.3, -0.25) is 9.67 Å². The molecule has 1 aliphatic carbocycles. The van der Waals surface area contributed by atoms with Gasteiger partial charge in [0, 0.05) is 11.8 Å². The lowest BCUT2D eigenvalue weighted by Crippen LogP contribution is -2.09. The fourth-order valence-electron chi connectivity index (χ4n) is 1.84. The average Bonchev–Trinajstić information content (AvgIpc) is 3.00. The summed E-state index contributed by atoms with van der Waals surface area (Å²) in [5.74, 6) is 0.396. The molecule has 0 bridgehead atoms. The first kappa shape index (κ1) is 10.7. The fraction of sp³-hybridized carbons (Fsp3) is 0.333. The molecule has 2 N–H and O–H groups in total. The molecule has 90 valence electrons. The van der Waals surface area contributed by atoms with Crippen LogP contribution in [0, 0.1) is 16.7 Å². The fourth-order valence-corrected chi connectivity index (χ4v) is 1.84. The van der Waals surface area contributed by atoms with Crippen LogP contribution in [0.25, 0.3) is 11.3 Å². The number of hydrogen-bond acceptors (Lipinski definition) is 5. The van der Waals surface area contributed by atoms with E-state index in [1.54, 1.807) is 17.1 Å². The van der Waals surface area contributed by atoms with Crippen molar-refractivity contribution in [2.75, 3.05) is 5.73 Å². The standard InChI is InChI=1S/C12H12N6/c13-7-12(1-2-12)8-18-6-9(3-17-18)10-4-16-11(14)5-15-10/h3-6H,1-2,8H2,(H2,14,16). The van der Waals surface area contributed by atoms with E-state index in [1.807, 2.05) is 6.20 Å². The molecule has 6 heteroatoms. The third kappa shape index (κ3) is 1.91. The molecule has 0 radical (unpaired) electrons. The Balaban J connectivity index is 1.81. The van der Waals surface area contributed by atoms with Gasteiger partial charge in [-0.15, -0.1) is 0 Å². The highest BCUT2D eigenvalue weighted by Crippen LogP contribution is 2.46. The summed E-state index contributed by atoms with van der Waals surface area (Å²) in [5, 5.41) is 13.3. The van der Waals surface area contributed by atoms with Gasteiger partial charge >= 0.3 is 0 Å². The SMILES string of the molecule is N#CC1(Cn2cc(-c3cnc(N)cn3)cn2)CC1. The average molecular weight is 240 g/mol. The number of nitriles is 1. The topological polar surface area (TPSA) is 93.4 Å². The summed E-state index contributed by atoms with van der Waals surface area (Å²) in [6, 6.07) is 2.35. The highest BCUT2D eigenvalue weighted by molar-refractivity contribution is 5.56. The van der Waals surface area contributed by atoms with Crippen LogP contribution >= 0.6 is 0 Å². The Kier molecular flexibility index (Phi) is 2.27. The smallest absolute Gasteiger partial charge is 0.141 e. The summed E-state index contributed by atoms with van der Waals surface area (Å²) in [7, 11) is 0. The molecule has 0 amide bonds. The van der Waals surface area contributed by atoms with Crippen LogP contribution in [0.3, 0.4) is 0 Å². The number of nitrogen functional groups attached to an aromatic ring is 1. The van der Waals surface area contributed by atoms with Crippen molar-refractivity contribution in [3.05, 3.63) is 24.8 Å². The normalized spacial score (nSPS) is 16.2. The van der Waals surface area contributed by atoms with Crippen molar-refractivity contribution >= 4 is 5.82 Å². The zero-order valence-electron chi connectivity index (χ0n) is 9.74. The van der Waals surface area contributed by atoms with Crippen molar-refractivity contribution in [1.29, 1.82) is 5.26 Å². The molecule has 0 unspecified atom stereocenters. The summed E-state index contributed by atoms with van der Waals surface area (Å²) in [5.41, 5.74) is 6.91. The van der Waals surface area contributed by atoms with E-state index < -0.39 is 0 Å². The number of nitrogens with two attached hydrogens (primary N) is 1. The second-order valence-corrected chi connectivity index (χ2v) is 4.65. The minimum atomic E-state index is -0.198. The number of hydrogen-bond donors (Lipinski definition) is 1. The van der Waals surface area contributed by atoms with Crippen LogP contribution in [0.2, 0.25) is 0 Å². The third-order valence-electron chi connectivity index (χ3n) is 3.16. The third-order valence-corrected chi connectivity index (χ3v) is 3.16. The molecule has 3 rings (SSSR count). The molecular weight excluding hydrogens is 228 g/mol. The second kappa shape index (κ2) is 3.81. The van der Waals surface area contributed by atoms with Gasteiger partial charge in [-0.25, -0.2) is 4.98 Å². The van der Waals surface area contributed by atoms with E-state index in [0.29, 0.717) is 12.4 Å². The van der Waals surface area contributed by atoms with E-state index in [9.17, 15) is 0 Å². The molecule has 1 saturated carbocycles. The number of aromatic nitrogens is 4. The Bertz CT molecular complexity index is 602. The van der Waals surface area contributed by atoms with E-state index >= 15 is 0 Å². The van der Waals surface area contributed by atoms with E-state index in [-0.39, 0.29) is 5.41 Å². The lowest BCUT2D eigenvalue weighted by atomic mass is 10.1. The molecule has 1 aliphatic rings. The number of rotatable bonds is 3. The minimum absolute atomic E-state index is 0.198. The molecule has 2 aromatic rings. The molecule has 0 saturated heterocycles. The van der Waals surface area contributed by atoms with Gasteiger partial charge in [-0.2, -0.15) is 10.4 Å². The minimum Gasteiger partial charge on any atom is -0.382 e. The summed E-state index contributed by atoms with van der Waals surface area (Å²) in [6.07, 6.45) is 8.67. The van der Waals surface area contributed by atoms with Crippen molar-refractivity contribution in [2.24, 2.45) is 5.41 Å². The van der Waals surface area contributed by atoms with Gasteiger partial charge in [0.2, 0.25) is 0 Å². The Morgan fingerprint density at radius 1 is 1.33 bits per heavy atom. The molecule has 18 heavy (non-hydrogen) atoms. The van der Waals surface area contributed by atoms with Crippen molar-refractivity contribution < 1.29 is 0 Å². The summed E-state index contributed by atoms with van der Waals surface area (Å²) in [4.78, 5) is 8.18. The quantitative estimate of drug-likeness (QED) is 0.870. The molecule has 0 aromatic carbocycles. The van der Waals surface area contributed by atoms with Gasteiger partial charge in [-0.1, -0.05) is 0 Å². The Hall–Kier alpha value is -2.42. The first-order valence-corrected chi connectivity index (χ1v) is 5.72. The van der Waals surface area contributed by atoms with Gasteiger partial charge in [-0.05, 0) is 12.8 Å². The maximum atomic E-state index is 9.04. The van der Waals surface area contributed by atoms with Crippen molar-refractivity contribution in [3.8, 4) is 17.3 Å². The summed E-state index contributed by atoms with van der Waals surface area (Å²) in [6.45, 7) is 0.645. The zero-order chi connectivity index (χ0) is 12.6. The van der Waals surface area contributed by atoms with Gasteiger partial charge in [0.1, 0.15) is 5.82 Å². The van der Waals surface area contributed by atoms with Gasteiger partial charge in [0.15, 0.2) is 0 Å². The van der Waals surface area contributed by atoms with E-state index in [4.69, 9.17) is 11.0 Å². The van der Waals surface area contributed by atoms with E-state index in [2.05, 4.69) is 21.1 Å². The Labute approximate surface area is 104 Å². The molecule has 0 atom stereocenters. The maximum absolute atomic E-state index is 9.04. The first-order valence-electron chi connectivity index (χ1n) is 5.72. The predicted molar refractivity (Wildman–Crippen MR) is 64.9 cm³/mol. The largest absolute Gasteiger partial charge is 0.382 e. The number of nitrogens with zero attached hydrogens (tertiary/aromatic N) is 5. The van der Waals surface area contributed by atoms with Crippen LogP contribution in [-0.2, 0) is 6.54 Å². The van der Waals surface area contributed by atoms with Crippen LogP contribution in [-0.4, -0.2) is 19.7 Å². The van der Waals surface area contributed by atoms with Crippen molar-refractivity contribution in [3.63, 3.8) is 0 Å². The predicted octanol–water partition coefficient (Wildman–Crippen LogP) is 1.23. The molecule has 0 aliphatic heterocycles. The molecule has 0 spiro atoms. The summed E-state index contributed by atoms with van der Waals surface area (Å²) < 4.78 is 1.80.